The van der Waals surface area contributed by atoms with Crippen molar-refractivity contribution in [3.8, 4) is 11.5 Å². The lowest BCUT2D eigenvalue weighted by molar-refractivity contribution is -0.145. The Hall–Kier alpha value is -2.57. The second-order valence-electron chi connectivity index (χ2n) is 7.15. The van der Waals surface area contributed by atoms with Crippen LogP contribution in [0.2, 0.25) is 0 Å². The van der Waals surface area contributed by atoms with Crippen molar-refractivity contribution in [2.24, 2.45) is 5.41 Å². The number of benzene rings is 1. The van der Waals surface area contributed by atoms with Crippen LogP contribution in [-0.4, -0.2) is 49.4 Å². The van der Waals surface area contributed by atoms with Gasteiger partial charge in [0.05, 0.1) is 19.1 Å². The van der Waals surface area contributed by atoms with Crippen LogP contribution in [0.3, 0.4) is 0 Å². The van der Waals surface area contributed by atoms with E-state index >= 15 is 0 Å². The Labute approximate surface area is 159 Å². The van der Waals surface area contributed by atoms with Crippen molar-refractivity contribution in [3.63, 3.8) is 0 Å². The van der Waals surface area contributed by atoms with Gasteiger partial charge in [0.25, 0.3) is 0 Å². The number of hydrogen-bond acceptors (Lipinski definition) is 5. The highest BCUT2D eigenvalue weighted by atomic mass is 16.5. The van der Waals surface area contributed by atoms with E-state index in [1.165, 1.54) is 0 Å². The van der Waals surface area contributed by atoms with Gasteiger partial charge in [-0.05, 0) is 25.0 Å². The Balaban J connectivity index is 1.45. The zero-order chi connectivity index (χ0) is 19.3. The van der Waals surface area contributed by atoms with Gasteiger partial charge in [-0.25, -0.2) is 0 Å². The molecule has 1 aromatic rings. The van der Waals surface area contributed by atoms with Gasteiger partial charge in [-0.15, -0.1) is 0 Å². The minimum atomic E-state index is -0.553. The molecule has 1 saturated heterocycles. The molecule has 27 heavy (non-hydrogen) atoms. The lowest BCUT2D eigenvalue weighted by atomic mass is 9.73. The number of likely N-dealkylation sites (tertiary alicyclic amines) is 1. The minimum Gasteiger partial charge on any atom is -0.493 e. The maximum Gasteiger partial charge on any atom is 0.240 e. The average Bonchev–Trinajstić information content (AvgIpc) is 2.90. The first kappa shape index (κ1) is 19.2. The molecule has 0 bridgehead atoms. The summed E-state index contributed by atoms with van der Waals surface area (Å²) in [6.45, 7) is 0.324. The first-order valence-electron chi connectivity index (χ1n) is 9.43. The molecule has 7 heteroatoms. The van der Waals surface area contributed by atoms with E-state index in [4.69, 9.17) is 9.47 Å². The van der Waals surface area contributed by atoms with Crippen molar-refractivity contribution >= 4 is 17.7 Å². The van der Waals surface area contributed by atoms with E-state index in [-0.39, 0.29) is 43.8 Å². The summed E-state index contributed by atoms with van der Waals surface area (Å²) in [5, 5.41) is 2.70. The molecule has 0 aromatic heterocycles. The van der Waals surface area contributed by atoms with Gasteiger partial charge in [-0.2, -0.15) is 0 Å². The Kier molecular flexibility index (Phi) is 5.98. The number of para-hydroxylation sites is 2. The van der Waals surface area contributed by atoms with Gasteiger partial charge in [-0.3, -0.25) is 19.3 Å². The number of methoxy groups -OCH3 is 1. The van der Waals surface area contributed by atoms with Crippen LogP contribution in [0.25, 0.3) is 0 Å². The van der Waals surface area contributed by atoms with Gasteiger partial charge in [0.15, 0.2) is 11.5 Å². The molecular formula is C20H26N2O5. The fourth-order valence-corrected chi connectivity index (χ4v) is 3.93. The smallest absolute Gasteiger partial charge is 0.240 e. The summed E-state index contributed by atoms with van der Waals surface area (Å²) in [6, 6.07) is 7.25. The number of rotatable bonds is 7. The molecule has 1 aromatic carbocycles. The summed E-state index contributed by atoms with van der Waals surface area (Å²) in [5.41, 5.74) is -0.553. The van der Waals surface area contributed by atoms with Crippen LogP contribution in [-0.2, 0) is 14.4 Å². The first-order valence-corrected chi connectivity index (χ1v) is 9.43. The molecular weight excluding hydrogens is 348 g/mol. The summed E-state index contributed by atoms with van der Waals surface area (Å²) in [5.74, 6) is 0.455. The molecule has 2 fully saturated rings. The third-order valence-electron chi connectivity index (χ3n) is 5.35. The molecule has 1 aliphatic carbocycles. The van der Waals surface area contributed by atoms with Crippen LogP contribution in [0.15, 0.2) is 24.3 Å². The standard InChI is InChI=1S/C20H26N2O5/c1-26-15-7-3-4-8-16(15)27-12-11-21-17(23)14-22-18(24)13-20(19(22)25)9-5-2-6-10-20/h3-4,7-8H,2,5-6,9-14H2,1H3,(H,21,23). The van der Waals surface area contributed by atoms with Gasteiger partial charge in [0.2, 0.25) is 17.7 Å². The number of nitrogens with zero attached hydrogens (tertiary/aromatic N) is 1. The number of nitrogens with one attached hydrogen (secondary N) is 1. The fraction of sp³-hybridized carbons (Fsp3) is 0.550. The molecule has 1 N–H and O–H groups in total. The summed E-state index contributed by atoms with van der Waals surface area (Å²) in [7, 11) is 1.56. The van der Waals surface area contributed by atoms with E-state index in [1.807, 2.05) is 12.1 Å². The lowest BCUT2D eigenvalue weighted by Crippen LogP contribution is -2.43. The van der Waals surface area contributed by atoms with E-state index < -0.39 is 5.41 Å². The highest BCUT2D eigenvalue weighted by Gasteiger charge is 2.51. The van der Waals surface area contributed by atoms with Crippen molar-refractivity contribution in [2.45, 2.75) is 38.5 Å². The van der Waals surface area contributed by atoms with Crippen LogP contribution in [0.1, 0.15) is 38.5 Å². The van der Waals surface area contributed by atoms with Crippen LogP contribution < -0.4 is 14.8 Å². The van der Waals surface area contributed by atoms with Crippen molar-refractivity contribution in [1.82, 2.24) is 10.2 Å². The Morgan fingerprint density at radius 2 is 1.85 bits per heavy atom. The van der Waals surface area contributed by atoms with Gasteiger partial charge in [-0.1, -0.05) is 31.4 Å². The monoisotopic (exact) mass is 374 g/mol. The van der Waals surface area contributed by atoms with Gasteiger partial charge < -0.3 is 14.8 Å². The zero-order valence-corrected chi connectivity index (χ0v) is 15.7. The lowest BCUT2D eigenvalue weighted by Gasteiger charge is -2.30. The predicted molar refractivity (Wildman–Crippen MR) is 98.4 cm³/mol. The van der Waals surface area contributed by atoms with Crippen LogP contribution in [0, 0.1) is 5.41 Å². The molecule has 1 aliphatic heterocycles. The summed E-state index contributed by atoms with van der Waals surface area (Å²) in [4.78, 5) is 38.3. The molecule has 7 nitrogen and oxygen atoms in total. The zero-order valence-electron chi connectivity index (χ0n) is 15.7. The summed E-state index contributed by atoms with van der Waals surface area (Å²) in [6.07, 6.45) is 4.80. The predicted octanol–water partition coefficient (Wildman–Crippen LogP) is 1.90. The fourth-order valence-electron chi connectivity index (χ4n) is 3.93. The molecule has 0 atom stereocenters. The number of carbonyl (C=O) groups excluding carboxylic acids is 3. The number of amides is 3. The molecule has 1 saturated carbocycles. The van der Waals surface area contributed by atoms with Gasteiger partial charge in [0, 0.05) is 6.42 Å². The van der Waals surface area contributed by atoms with Gasteiger partial charge in [0.1, 0.15) is 13.2 Å². The minimum absolute atomic E-state index is 0.173. The highest BCUT2D eigenvalue weighted by Crippen LogP contribution is 2.45. The topological polar surface area (TPSA) is 84.9 Å². The second-order valence-corrected chi connectivity index (χ2v) is 7.15. The van der Waals surface area contributed by atoms with E-state index in [2.05, 4.69) is 5.32 Å². The Bertz CT molecular complexity index is 712. The van der Waals surface area contributed by atoms with Crippen LogP contribution in [0.4, 0.5) is 0 Å². The van der Waals surface area contributed by atoms with Crippen molar-refractivity contribution in [1.29, 1.82) is 0 Å². The maximum absolute atomic E-state index is 12.7. The third-order valence-corrected chi connectivity index (χ3v) is 5.35. The number of imide groups is 1. The molecule has 1 spiro atoms. The quantitative estimate of drug-likeness (QED) is 0.582. The number of carbonyl (C=O) groups is 3. The van der Waals surface area contributed by atoms with E-state index in [0.717, 1.165) is 37.0 Å². The van der Waals surface area contributed by atoms with Gasteiger partial charge >= 0.3 is 0 Å². The summed E-state index contributed by atoms with van der Waals surface area (Å²) < 4.78 is 10.8. The van der Waals surface area contributed by atoms with Crippen molar-refractivity contribution in [3.05, 3.63) is 24.3 Å². The maximum atomic E-state index is 12.7. The third kappa shape index (κ3) is 4.23. The Morgan fingerprint density at radius 3 is 2.56 bits per heavy atom. The Morgan fingerprint density at radius 1 is 1.15 bits per heavy atom. The van der Waals surface area contributed by atoms with Crippen molar-refractivity contribution < 1.29 is 23.9 Å². The SMILES string of the molecule is COc1ccccc1OCCNC(=O)CN1C(=O)CC2(CCCCC2)C1=O. The average molecular weight is 374 g/mol. The molecule has 3 rings (SSSR count). The largest absolute Gasteiger partial charge is 0.493 e. The molecule has 0 radical (unpaired) electrons. The van der Waals surface area contributed by atoms with E-state index in [9.17, 15) is 14.4 Å². The first-order chi connectivity index (χ1) is 13.1. The molecule has 3 amide bonds. The number of ether oxygens (including phenoxy) is 2. The van der Waals surface area contributed by atoms with E-state index in [1.54, 1.807) is 19.2 Å². The summed E-state index contributed by atoms with van der Waals surface area (Å²) >= 11 is 0. The molecule has 2 aliphatic rings. The van der Waals surface area contributed by atoms with Crippen LogP contribution in [0.5, 0.6) is 11.5 Å². The van der Waals surface area contributed by atoms with Crippen LogP contribution >= 0.6 is 0 Å². The normalized spacial score (nSPS) is 18.6. The second kappa shape index (κ2) is 8.41. The van der Waals surface area contributed by atoms with E-state index in [0.29, 0.717) is 11.5 Å². The highest BCUT2D eigenvalue weighted by molar-refractivity contribution is 6.08. The number of hydrogen-bond donors (Lipinski definition) is 1. The molecule has 146 valence electrons. The van der Waals surface area contributed by atoms with Crippen molar-refractivity contribution in [2.75, 3.05) is 26.8 Å². The molecule has 1 heterocycles. The molecule has 0 unspecified atom stereocenters.